The first-order valence-corrected chi connectivity index (χ1v) is 6.51. The third-order valence-electron chi connectivity index (χ3n) is 2.77. The average molecular weight is 299 g/mol. The Hall–Kier alpha value is -3.02. The van der Waals surface area contributed by atoms with E-state index in [1.165, 1.54) is 30.5 Å². The molecular formula is C16H14FN3O2. The number of amides is 2. The van der Waals surface area contributed by atoms with E-state index in [-0.39, 0.29) is 0 Å². The van der Waals surface area contributed by atoms with Gasteiger partial charge >= 0.3 is 11.8 Å². The van der Waals surface area contributed by atoms with Gasteiger partial charge in [-0.05, 0) is 36.8 Å². The van der Waals surface area contributed by atoms with Gasteiger partial charge in [-0.25, -0.2) is 9.82 Å². The van der Waals surface area contributed by atoms with Crippen LogP contribution in [0.4, 0.5) is 10.1 Å². The van der Waals surface area contributed by atoms with Crippen LogP contribution in [-0.2, 0) is 9.59 Å². The summed E-state index contributed by atoms with van der Waals surface area (Å²) < 4.78 is 12.7. The predicted molar refractivity (Wildman–Crippen MR) is 81.9 cm³/mol. The molecule has 0 bridgehead atoms. The van der Waals surface area contributed by atoms with Crippen molar-refractivity contribution in [1.29, 1.82) is 0 Å². The molecule has 0 unspecified atom stereocenters. The Morgan fingerprint density at radius 2 is 1.64 bits per heavy atom. The molecule has 0 saturated carbocycles. The lowest BCUT2D eigenvalue weighted by atomic mass is 10.2. The highest BCUT2D eigenvalue weighted by molar-refractivity contribution is 6.39. The second kappa shape index (κ2) is 7.12. The van der Waals surface area contributed by atoms with Crippen LogP contribution >= 0.6 is 0 Å². The van der Waals surface area contributed by atoms with Crippen molar-refractivity contribution in [3.63, 3.8) is 0 Å². The Balaban J connectivity index is 1.87. The molecule has 0 aliphatic rings. The van der Waals surface area contributed by atoms with Gasteiger partial charge in [-0.2, -0.15) is 5.10 Å². The third kappa shape index (κ3) is 4.52. The number of anilines is 1. The molecule has 2 rings (SSSR count). The topological polar surface area (TPSA) is 70.6 Å². The molecule has 0 radical (unpaired) electrons. The van der Waals surface area contributed by atoms with E-state index in [4.69, 9.17) is 0 Å². The minimum atomic E-state index is -0.910. The number of hydrazone groups is 1. The summed E-state index contributed by atoms with van der Waals surface area (Å²) >= 11 is 0. The van der Waals surface area contributed by atoms with E-state index in [1.807, 2.05) is 31.2 Å². The Labute approximate surface area is 126 Å². The lowest BCUT2D eigenvalue weighted by Crippen LogP contribution is -2.32. The van der Waals surface area contributed by atoms with E-state index >= 15 is 0 Å². The van der Waals surface area contributed by atoms with Crippen LogP contribution in [0.2, 0.25) is 0 Å². The number of nitrogens with one attached hydrogen (secondary N) is 2. The van der Waals surface area contributed by atoms with Gasteiger partial charge in [-0.1, -0.05) is 29.8 Å². The van der Waals surface area contributed by atoms with Crippen LogP contribution in [0.1, 0.15) is 11.1 Å². The normalized spacial score (nSPS) is 10.5. The van der Waals surface area contributed by atoms with Gasteiger partial charge in [0.25, 0.3) is 0 Å². The fraction of sp³-hybridized carbons (Fsp3) is 0.0625. The van der Waals surface area contributed by atoms with Crippen molar-refractivity contribution < 1.29 is 14.0 Å². The summed E-state index contributed by atoms with van der Waals surface area (Å²) in [5.74, 6) is -2.22. The Kier molecular flexibility index (Phi) is 4.98. The van der Waals surface area contributed by atoms with Crippen molar-refractivity contribution >= 4 is 23.7 Å². The highest BCUT2D eigenvalue weighted by atomic mass is 19.1. The number of rotatable bonds is 3. The van der Waals surface area contributed by atoms with Gasteiger partial charge < -0.3 is 5.32 Å². The molecular weight excluding hydrogens is 285 g/mol. The largest absolute Gasteiger partial charge is 0.329 e. The first kappa shape index (κ1) is 15.4. The van der Waals surface area contributed by atoms with Gasteiger partial charge in [0.05, 0.1) is 6.21 Å². The molecule has 2 aromatic rings. The van der Waals surface area contributed by atoms with Gasteiger partial charge in [0.1, 0.15) is 5.82 Å². The van der Waals surface area contributed by atoms with Crippen LogP contribution in [0.25, 0.3) is 0 Å². The number of benzene rings is 2. The number of aryl methyl sites for hydroxylation is 1. The van der Waals surface area contributed by atoms with Gasteiger partial charge in [0, 0.05) is 5.69 Å². The molecule has 0 aliphatic heterocycles. The zero-order valence-electron chi connectivity index (χ0n) is 11.8. The Morgan fingerprint density at radius 1 is 1.00 bits per heavy atom. The fourth-order valence-corrected chi connectivity index (χ4v) is 1.59. The summed E-state index contributed by atoms with van der Waals surface area (Å²) in [7, 11) is 0. The summed E-state index contributed by atoms with van der Waals surface area (Å²) in [6, 6.07) is 12.6. The molecule has 2 N–H and O–H groups in total. The van der Waals surface area contributed by atoms with E-state index in [2.05, 4.69) is 15.8 Å². The first-order valence-electron chi connectivity index (χ1n) is 6.51. The molecule has 0 fully saturated rings. The maximum Gasteiger partial charge on any atom is 0.329 e. The van der Waals surface area contributed by atoms with Crippen molar-refractivity contribution in [3.8, 4) is 0 Å². The molecule has 0 aromatic heterocycles. The third-order valence-corrected chi connectivity index (χ3v) is 2.77. The van der Waals surface area contributed by atoms with Gasteiger partial charge in [0.2, 0.25) is 0 Å². The van der Waals surface area contributed by atoms with Crippen molar-refractivity contribution in [2.45, 2.75) is 6.92 Å². The van der Waals surface area contributed by atoms with Gasteiger partial charge in [-0.3, -0.25) is 9.59 Å². The molecule has 5 nitrogen and oxygen atoms in total. The van der Waals surface area contributed by atoms with Crippen LogP contribution in [0.5, 0.6) is 0 Å². The summed E-state index contributed by atoms with van der Waals surface area (Å²) in [6.07, 6.45) is 1.43. The minimum Gasteiger partial charge on any atom is -0.318 e. The lowest BCUT2D eigenvalue weighted by Gasteiger charge is -2.03. The summed E-state index contributed by atoms with van der Waals surface area (Å²) in [6.45, 7) is 1.96. The smallest absolute Gasteiger partial charge is 0.318 e. The van der Waals surface area contributed by atoms with E-state index < -0.39 is 17.6 Å². The van der Waals surface area contributed by atoms with Gasteiger partial charge in [-0.15, -0.1) is 0 Å². The highest BCUT2D eigenvalue weighted by Gasteiger charge is 2.12. The fourth-order valence-electron chi connectivity index (χ4n) is 1.59. The SMILES string of the molecule is Cc1ccc(/C=N\NC(=O)C(=O)Nc2ccc(F)cc2)cc1. The summed E-state index contributed by atoms with van der Waals surface area (Å²) in [5, 5.41) is 6.04. The standard InChI is InChI=1S/C16H14FN3O2/c1-11-2-4-12(5-3-11)10-18-20-16(22)15(21)19-14-8-6-13(17)7-9-14/h2-10H,1H3,(H,19,21)(H,20,22)/b18-10-. The number of hydrogen-bond donors (Lipinski definition) is 2. The van der Waals surface area contributed by atoms with E-state index in [0.717, 1.165) is 11.1 Å². The van der Waals surface area contributed by atoms with Crippen molar-refractivity contribution in [1.82, 2.24) is 5.43 Å². The second-order valence-corrected chi connectivity index (χ2v) is 4.57. The molecule has 0 saturated heterocycles. The number of carbonyl (C=O) groups excluding carboxylic acids is 2. The maximum atomic E-state index is 12.7. The Morgan fingerprint density at radius 3 is 2.27 bits per heavy atom. The zero-order chi connectivity index (χ0) is 15.9. The van der Waals surface area contributed by atoms with Crippen LogP contribution in [0.15, 0.2) is 53.6 Å². The lowest BCUT2D eigenvalue weighted by molar-refractivity contribution is -0.136. The summed E-state index contributed by atoms with van der Waals surface area (Å²) in [4.78, 5) is 23.1. The molecule has 0 aliphatic carbocycles. The monoisotopic (exact) mass is 299 g/mol. The van der Waals surface area contributed by atoms with Crippen molar-refractivity contribution in [2.24, 2.45) is 5.10 Å². The molecule has 0 spiro atoms. The van der Waals surface area contributed by atoms with Crippen molar-refractivity contribution in [3.05, 3.63) is 65.5 Å². The number of nitrogens with zero attached hydrogens (tertiary/aromatic N) is 1. The number of halogens is 1. The van der Waals surface area contributed by atoms with E-state index in [0.29, 0.717) is 5.69 Å². The van der Waals surface area contributed by atoms with Crippen molar-refractivity contribution in [2.75, 3.05) is 5.32 Å². The highest BCUT2D eigenvalue weighted by Crippen LogP contribution is 2.07. The van der Waals surface area contributed by atoms with E-state index in [1.54, 1.807) is 0 Å². The van der Waals surface area contributed by atoms with Crippen LogP contribution in [-0.4, -0.2) is 18.0 Å². The summed E-state index contributed by atoms with van der Waals surface area (Å²) in [5.41, 5.74) is 4.35. The van der Waals surface area contributed by atoms with Gasteiger partial charge in [0.15, 0.2) is 0 Å². The minimum absolute atomic E-state index is 0.323. The van der Waals surface area contributed by atoms with Crippen LogP contribution in [0, 0.1) is 12.7 Å². The zero-order valence-corrected chi connectivity index (χ0v) is 11.8. The van der Waals surface area contributed by atoms with Crippen LogP contribution in [0.3, 0.4) is 0 Å². The maximum absolute atomic E-state index is 12.7. The molecule has 0 atom stereocenters. The molecule has 112 valence electrons. The number of carbonyl (C=O) groups is 2. The average Bonchev–Trinajstić information content (AvgIpc) is 2.51. The quantitative estimate of drug-likeness (QED) is 0.518. The first-order chi connectivity index (χ1) is 10.5. The molecule has 6 heteroatoms. The molecule has 2 aromatic carbocycles. The second-order valence-electron chi connectivity index (χ2n) is 4.57. The van der Waals surface area contributed by atoms with Crippen LogP contribution < -0.4 is 10.7 Å². The molecule has 0 heterocycles. The Bertz CT molecular complexity index is 694. The molecule has 22 heavy (non-hydrogen) atoms. The molecule has 2 amide bonds. The predicted octanol–water partition coefficient (Wildman–Crippen LogP) is 2.22. The van der Waals surface area contributed by atoms with E-state index in [9.17, 15) is 14.0 Å². The number of hydrogen-bond acceptors (Lipinski definition) is 3.